The number of imide groups is 2. The number of hydrogen-bond donors (Lipinski definition) is 3. The van der Waals surface area contributed by atoms with E-state index in [0.29, 0.717) is 96.6 Å². The van der Waals surface area contributed by atoms with Crippen molar-refractivity contribution in [3.05, 3.63) is 101 Å². The van der Waals surface area contributed by atoms with Crippen molar-refractivity contribution in [2.75, 3.05) is 67.1 Å². The molecule has 3 aliphatic rings. The first kappa shape index (κ1) is 57.9. The second-order valence-electron chi connectivity index (χ2n) is 19.5. The van der Waals surface area contributed by atoms with Crippen LogP contribution < -0.4 is 44.4 Å². The third kappa shape index (κ3) is 13.8. The molecule has 0 bridgehead atoms. The molecule has 0 aliphatic carbocycles. The molecule has 6 amide bonds. The van der Waals surface area contributed by atoms with Crippen molar-refractivity contribution < 1.29 is 66.7 Å². The Hall–Kier alpha value is -7.83. The van der Waals surface area contributed by atoms with Crippen molar-refractivity contribution >= 4 is 47.1 Å². The number of rotatable bonds is 28. The van der Waals surface area contributed by atoms with Crippen LogP contribution in [0.15, 0.2) is 72.8 Å². The highest BCUT2D eigenvalue weighted by Gasteiger charge is 2.46. The van der Waals surface area contributed by atoms with Gasteiger partial charge in [-0.1, -0.05) is 62.9 Å². The highest BCUT2D eigenvalue weighted by molar-refractivity contribution is 6.25. The van der Waals surface area contributed by atoms with Crippen LogP contribution in [0.25, 0.3) is 0 Å². The fourth-order valence-electron chi connectivity index (χ4n) is 10.5. The predicted octanol–water partition coefficient (Wildman–Crippen LogP) is 7.87. The number of methoxy groups -OCH3 is 5. The average molecular weight is 1080 g/mol. The summed E-state index contributed by atoms with van der Waals surface area (Å²) < 4.78 is 40.4. The number of anilines is 1. The summed E-state index contributed by atoms with van der Waals surface area (Å²) in [4.78, 5) is 95.7. The lowest BCUT2D eigenvalue weighted by Gasteiger charge is -2.37. The molecule has 4 atom stereocenters. The van der Waals surface area contributed by atoms with Gasteiger partial charge in [0.1, 0.15) is 23.9 Å². The molecule has 0 aromatic heterocycles. The van der Waals surface area contributed by atoms with E-state index in [1.165, 1.54) is 21.3 Å². The van der Waals surface area contributed by atoms with Gasteiger partial charge in [0, 0.05) is 37.3 Å². The number of nitrogens with one attached hydrogen (secondary N) is 3. The molecular weight excluding hydrogens is 1000 g/mol. The van der Waals surface area contributed by atoms with Crippen LogP contribution in [0.1, 0.15) is 140 Å². The summed E-state index contributed by atoms with van der Waals surface area (Å²) >= 11 is 0. The minimum Gasteiger partial charge on any atom is -0.493 e. The van der Waals surface area contributed by atoms with Crippen molar-refractivity contribution in [3.8, 4) is 34.5 Å². The van der Waals surface area contributed by atoms with Crippen molar-refractivity contribution in [3.63, 3.8) is 0 Å². The number of likely N-dealkylation sites (tertiary alicyclic amines) is 1. The average Bonchev–Trinajstić information content (AvgIpc) is 3.77. The number of piperidine rings is 2. The summed E-state index contributed by atoms with van der Waals surface area (Å²) in [6.45, 7) is 3.09. The molecule has 4 aromatic rings. The van der Waals surface area contributed by atoms with Gasteiger partial charge in [0.2, 0.25) is 23.5 Å². The van der Waals surface area contributed by atoms with E-state index in [4.69, 9.17) is 33.2 Å². The predicted molar refractivity (Wildman–Crippen MR) is 289 cm³/mol. The van der Waals surface area contributed by atoms with Crippen molar-refractivity contribution in [1.82, 2.24) is 20.4 Å². The summed E-state index contributed by atoms with van der Waals surface area (Å²) in [5.41, 5.74) is 3.19. The van der Waals surface area contributed by atoms with Crippen molar-refractivity contribution in [2.45, 2.75) is 121 Å². The normalized spacial score (nSPS) is 16.8. The largest absolute Gasteiger partial charge is 0.493 e. The van der Waals surface area contributed by atoms with Gasteiger partial charge < -0.3 is 48.7 Å². The van der Waals surface area contributed by atoms with Gasteiger partial charge in [-0.25, -0.2) is 4.79 Å². The molecular formula is C59H73N5O14. The number of carbonyl (C=O) groups excluding carboxylic acids is 7. The third-order valence-electron chi connectivity index (χ3n) is 14.6. The summed E-state index contributed by atoms with van der Waals surface area (Å²) in [7, 11) is 7.71. The van der Waals surface area contributed by atoms with Crippen LogP contribution in [0.2, 0.25) is 0 Å². The number of hydrogen-bond acceptors (Lipinski definition) is 15. The second-order valence-corrected chi connectivity index (χ2v) is 19.5. The monoisotopic (exact) mass is 1080 g/mol. The Balaban J connectivity index is 0.914. The Morgan fingerprint density at radius 2 is 1.42 bits per heavy atom. The van der Waals surface area contributed by atoms with Gasteiger partial charge in [-0.15, -0.1) is 0 Å². The highest BCUT2D eigenvalue weighted by atomic mass is 16.6. The third-order valence-corrected chi connectivity index (χ3v) is 14.6. The molecule has 19 nitrogen and oxygen atoms in total. The molecule has 7 rings (SSSR count). The second kappa shape index (κ2) is 28.0. The Bertz CT molecular complexity index is 2780. The maximum absolute atomic E-state index is 14.6. The van der Waals surface area contributed by atoms with Crippen LogP contribution in [0.5, 0.6) is 34.5 Å². The summed E-state index contributed by atoms with van der Waals surface area (Å²) in [5, 5.41) is 8.47. The number of carbonyl (C=O) groups is 7. The number of para-hydroxylation sites is 1. The van der Waals surface area contributed by atoms with Crippen LogP contribution in [0, 0.1) is 0 Å². The molecule has 1 unspecified atom stereocenters. The zero-order chi connectivity index (χ0) is 55.7. The van der Waals surface area contributed by atoms with Gasteiger partial charge in [0.25, 0.3) is 17.7 Å². The number of unbranched alkanes of at least 4 members (excludes halogenated alkanes) is 5. The van der Waals surface area contributed by atoms with E-state index in [9.17, 15) is 33.6 Å². The minimum absolute atomic E-state index is 0.0554. The van der Waals surface area contributed by atoms with Gasteiger partial charge in [-0.05, 0) is 111 Å². The minimum atomic E-state index is -1.02. The molecule has 3 heterocycles. The van der Waals surface area contributed by atoms with E-state index >= 15 is 0 Å². The number of esters is 1. The lowest BCUT2D eigenvalue weighted by molar-refractivity contribution is -0.162. The maximum atomic E-state index is 14.6. The molecule has 4 aromatic carbocycles. The number of nitrogens with zero attached hydrogens (tertiary/aromatic N) is 2. The molecule has 418 valence electrons. The smallest absolute Gasteiger partial charge is 0.329 e. The van der Waals surface area contributed by atoms with Crippen LogP contribution in [-0.2, 0) is 35.1 Å². The molecule has 2 saturated heterocycles. The number of aryl methyl sites for hydroxylation is 1. The van der Waals surface area contributed by atoms with Gasteiger partial charge in [0.15, 0.2) is 29.6 Å². The van der Waals surface area contributed by atoms with E-state index in [1.807, 2.05) is 37.3 Å². The fourth-order valence-corrected chi connectivity index (χ4v) is 10.5. The fraction of sp³-hybridized carbons (Fsp3) is 0.475. The van der Waals surface area contributed by atoms with Gasteiger partial charge >= 0.3 is 5.97 Å². The molecule has 19 heteroatoms. The molecule has 3 aliphatic heterocycles. The van der Waals surface area contributed by atoms with Crippen LogP contribution in [0.4, 0.5) is 5.69 Å². The van der Waals surface area contributed by atoms with E-state index in [0.717, 1.165) is 61.8 Å². The van der Waals surface area contributed by atoms with Gasteiger partial charge in [-0.3, -0.25) is 39.0 Å². The van der Waals surface area contributed by atoms with Gasteiger partial charge in [0.05, 0.1) is 52.6 Å². The zero-order valence-corrected chi connectivity index (χ0v) is 45.6. The Morgan fingerprint density at radius 3 is 2.12 bits per heavy atom. The lowest BCUT2D eigenvalue weighted by atomic mass is 9.91. The molecule has 3 N–H and O–H groups in total. The number of fused-ring (bicyclic) bond motifs is 1. The Labute approximate surface area is 455 Å². The van der Waals surface area contributed by atoms with Gasteiger partial charge in [-0.2, -0.15) is 0 Å². The van der Waals surface area contributed by atoms with Crippen molar-refractivity contribution in [1.29, 1.82) is 0 Å². The van der Waals surface area contributed by atoms with E-state index < -0.39 is 53.7 Å². The number of ether oxygens (including phenoxy) is 7. The van der Waals surface area contributed by atoms with E-state index in [-0.39, 0.29) is 42.4 Å². The summed E-state index contributed by atoms with van der Waals surface area (Å²) in [5.74, 6) is -0.980. The quantitative estimate of drug-likeness (QED) is 0.0279. The Morgan fingerprint density at radius 1 is 0.718 bits per heavy atom. The SMILES string of the molecule is CC[C@H](C(=O)N1CCCC[C@H]1C(=O)O[C@H](CCc1ccc(OC)c(OC)c1)c1ccccc1OCC(=O)NCCCCCCCCNc1cccc2c1C(=O)N(C1CCC(=O)NC1=O)C2=O)c1cc(OC)c(OC)c(OC)c1. The van der Waals surface area contributed by atoms with E-state index in [2.05, 4.69) is 16.0 Å². The molecule has 2 fully saturated rings. The summed E-state index contributed by atoms with van der Waals surface area (Å²) in [6, 6.07) is 19.5. The molecule has 0 saturated carbocycles. The van der Waals surface area contributed by atoms with Crippen LogP contribution in [0.3, 0.4) is 0 Å². The molecule has 0 radical (unpaired) electrons. The summed E-state index contributed by atoms with van der Waals surface area (Å²) in [6.07, 6.45) is 7.84. The number of amides is 6. The first-order chi connectivity index (χ1) is 37.8. The number of benzene rings is 4. The van der Waals surface area contributed by atoms with Crippen molar-refractivity contribution in [2.24, 2.45) is 0 Å². The lowest BCUT2D eigenvalue weighted by Crippen LogP contribution is -2.54. The topological polar surface area (TPSA) is 227 Å². The molecule has 78 heavy (non-hydrogen) atoms. The van der Waals surface area contributed by atoms with Crippen LogP contribution >= 0.6 is 0 Å². The van der Waals surface area contributed by atoms with E-state index in [1.54, 1.807) is 61.6 Å². The van der Waals surface area contributed by atoms with Crippen LogP contribution in [-0.4, -0.2) is 125 Å². The highest BCUT2D eigenvalue weighted by Crippen LogP contribution is 2.42. The first-order valence-electron chi connectivity index (χ1n) is 26.9. The Kier molecular flexibility index (Phi) is 20.8. The maximum Gasteiger partial charge on any atom is 0.329 e. The zero-order valence-electron chi connectivity index (χ0n) is 45.6. The standard InChI is InChI=1S/C59H73N5O14/c1-7-39(38-34-49(74-4)54(76-6)50(35-38)75-5)56(68)63-32-17-14-22-44(63)59(71)78-46(27-24-37-25-28-47(72-2)48(33-37)73-3)40-19-12-13-23-45(40)77-36-52(66)61-31-16-11-9-8-10-15-30-60-42-21-18-20-41-53(42)58(70)64(57(41)69)43-26-29-51(65)62-55(43)67/h12-13,18-21,23,25,28,33-35,39,43-44,46,60H,7-11,14-17,22,24,26-27,29-32,36H2,1-6H3,(H,61,66)(H,62,65,67)/t39-,43?,44-,46+/m0/s1. The first-order valence-corrected chi connectivity index (χ1v) is 26.9. The molecule has 0 spiro atoms.